The normalized spacial score (nSPS) is 19.7. The molecule has 6 heteroatoms. The first-order chi connectivity index (χ1) is 11.9. The molecule has 0 bridgehead atoms. The smallest absolute Gasteiger partial charge is 0.253 e. The van der Waals surface area contributed by atoms with Crippen molar-refractivity contribution in [3.05, 3.63) is 34.9 Å². The molecule has 0 unspecified atom stereocenters. The van der Waals surface area contributed by atoms with Gasteiger partial charge in [0.25, 0.3) is 5.91 Å². The quantitative estimate of drug-likeness (QED) is 0.798. The number of hydrogen-bond acceptors (Lipinski definition) is 3. The van der Waals surface area contributed by atoms with Crippen LogP contribution in [0, 0.1) is 5.92 Å². The Morgan fingerprint density at radius 3 is 2.60 bits per heavy atom. The Labute approximate surface area is 158 Å². The number of nitrogens with zero attached hydrogens (tertiary/aromatic N) is 2. The van der Waals surface area contributed by atoms with Crippen LogP contribution in [0.3, 0.4) is 0 Å². The fourth-order valence-corrected chi connectivity index (χ4v) is 5.36. The Morgan fingerprint density at radius 1 is 1.24 bits per heavy atom. The van der Waals surface area contributed by atoms with Gasteiger partial charge >= 0.3 is 0 Å². The van der Waals surface area contributed by atoms with Gasteiger partial charge in [-0.3, -0.25) is 9.59 Å². The maximum Gasteiger partial charge on any atom is 0.253 e. The number of carbonyl (C=O) groups excluding carboxylic acids is 2. The summed E-state index contributed by atoms with van der Waals surface area (Å²) in [5.41, 5.74) is 0.635. The zero-order valence-corrected chi connectivity index (χ0v) is 16.4. The van der Waals surface area contributed by atoms with Gasteiger partial charge in [-0.05, 0) is 37.0 Å². The number of piperidine rings is 1. The van der Waals surface area contributed by atoms with Gasteiger partial charge < -0.3 is 9.80 Å². The first-order valence-electron chi connectivity index (χ1n) is 8.90. The summed E-state index contributed by atoms with van der Waals surface area (Å²) in [6, 6.07) is 7.11. The maximum atomic E-state index is 12.7. The van der Waals surface area contributed by atoms with Crippen molar-refractivity contribution in [2.24, 2.45) is 5.92 Å². The van der Waals surface area contributed by atoms with Crippen LogP contribution in [0.15, 0.2) is 24.3 Å². The predicted molar refractivity (Wildman–Crippen MR) is 103 cm³/mol. The molecule has 0 N–H and O–H groups in total. The van der Waals surface area contributed by atoms with Crippen molar-refractivity contribution in [2.45, 2.75) is 38.0 Å². The molecular formula is C19H25ClN2O2S. The lowest BCUT2D eigenvalue weighted by Gasteiger charge is -2.44. The molecule has 136 valence electrons. The van der Waals surface area contributed by atoms with Crippen LogP contribution in [-0.2, 0) is 4.79 Å². The molecule has 2 aliphatic heterocycles. The Hall–Kier alpha value is -1.20. The Balaban J connectivity index is 1.66. The molecule has 2 amide bonds. The van der Waals surface area contributed by atoms with Crippen molar-refractivity contribution in [1.29, 1.82) is 0 Å². The number of rotatable bonds is 3. The molecule has 3 rings (SSSR count). The van der Waals surface area contributed by atoms with E-state index in [4.69, 9.17) is 11.6 Å². The summed E-state index contributed by atoms with van der Waals surface area (Å²) in [6.07, 6.45) is 2.29. The Morgan fingerprint density at radius 2 is 1.96 bits per heavy atom. The maximum absolute atomic E-state index is 12.7. The summed E-state index contributed by atoms with van der Waals surface area (Å²) in [4.78, 5) is 29.2. The fraction of sp³-hybridized carbons (Fsp3) is 0.579. The Kier molecular flexibility index (Phi) is 5.64. The molecule has 2 aliphatic rings. The van der Waals surface area contributed by atoms with Gasteiger partial charge in [0.2, 0.25) is 5.91 Å². The van der Waals surface area contributed by atoms with Gasteiger partial charge in [0.15, 0.2) is 0 Å². The molecule has 2 saturated heterocycles. The standard InChI is InChI=1S/C19H25ClN2O2S/c1-14(2)12-17(23)22-10-11-25-19(22)6-8-21(9-7-19)18(24)15-4-3-5-16(20)13-15/h3-5,13-14H,6-12H2,1-2H3. The highest BCUT2D eigenvalue weighted by Crippen LogP contribution is 2.44. The van der Waals surface area contributed by atoms with Crippen LogP contribution in [0.5, 0.6) is 0 Å². The molecule has 25 heavy (non-hydrogen) atoms. The summed E-state index contributed by atoms with van der Waals surface area (Å²) in [5, 5.41) is 0.580. The number of amides is 2. The number of benzene rings is 1. The molecule has 0 aromatic heterocycles. The molecule has 2 heterocycles. The molecule has 4 nitrogen and oxygen atoms in total. The number of hydrogen-bond donors (Lipinski definition) is 0. The molecule has 2 fully saturated rings. The van der Waals surface area contributed by atoms with E-state index in [-0.39, 0.29) is 16.7 Å². The topological polar surface area (TPSA) is 40.6 Å². The second-order valence-electron chi connectivity index (χ2n) is 7.24. The van der Waals surface area contributed by atoms with Gasteiger partial charge in [0.1, 0.15) is 0 Å². The molecule has 0 radical (unpaired) electrons. The van der Waals surface area contributed by atoms with Crippen LogP contribution < -0.4 is 0 Å². The third-order valence-corrected chi connectivity index (χ3v) is 6.75. The minimum absolute atomic E-state index is 0.0282. The lowest BCUT2D eigenvalue weighted by atomic mass is 9.99. The molecule has 1 aromatic carbocycles. The van der Waals surface area contributed by atoms with E-state index in [0.29, 0.717) is 36.0 Å². The largest absolute Gasteiger partial charge is 0.338 e. The third kappa shape index (κ3) is 3.98. The zero-order valence-electron chi connectivity index (χ0n) is 14.8. The highest BCUT2D eigenvalue weighted by atomic mass is 35.5. The minimum Gasteiger partial charge on any atom is -0.338 e. The monoisotopic (exact) mass is 380 g/mol. The summed E-state index contributed by atoms with van der Waals surface area (Å²) in [7, 11) is 0. The number of carbonyl (C=O) groups is 2. The van der Waals surface area contributed by atoms with Crippen molar-refractivity contribution in [3.63, 3.8) is 0 Å². The summed E-state index contributed by atoms with van der Waals surface area (Å²) in [6.45, 7) is 6.37. The highest BCUT2D eigenvalue weighted by Gasteiger charge is 2.46. The summed E-state index contributed by atoms with van der Waals surface area (Å²) >= 11 is 7.89. The molecule has 0 atom stereocenters. The average Bonchev–Trinajstić information content (AvgIpc) is 2.97. The van der Waals surface area contributed by atoms with Crippen molar-refractivity contribution in [3.8, 4) is 0 Å². The van der Waals surface area contributed by atoms with Crippen LogP contribution >= 0.6 is 23.4 Å². The fourth-order valence-electron chi connectivity index (χ4n) is 3.70. The molecule has 1 aromatic rings. The lowest BCUT2D eigenvalue weighted by Crippen LogP contribution is -2.53. The van der Waals surface area contributed by atoms with Crippen molar-refractivity contribution in [1.82, 2.24) is 9.80 Å². The summed E-state index contributed by atoms with van der Waals surface area (Å²) < 4.78 is 0. The van der Waals surface area contributed by atoms with Gasteiger partial charge in [0.05, 0.1) is 4.87 Å². The van der Waals surface area contributed by atoms with E-state index in [2.05, 4.69) is 18.7 Å². The van der Waals surface area contributed by atoms with E-state index in [1.54, 1.807) is 24.3 Å². The van der Waals surface area contributed by atoms with E-state index < -0.39 is 0 Å². The number of likely N-dealkylation sites (tertiary alicyclic amines) is 1. The molecule has 0 saturated carbocycles. The van der Waals surface area contributed by atoms with E-state index in [0.717, 1.165) is 25.1 Å². The SMILES string of the molecule is CC(C)CC(=O)N1CCSC12CCN(C(=O)c1cccc(Cl)c1)CC2. The molecular weight excluding hydrogens is 356 g/mol. The first kappa shape index (κ1) is 18.6. The second kappa shape index (κ2) is 7.58. The van der Waals surface area contributed by atoms with E-state index in [9.17, 15) is 9.59 Å². The van der Waals surface area contributed by atoms with Gasteiger partial charge in [-0.2, -0.15) is 0 Å². The molecule has 1 spiro atoms. The molecule has 0 aliphatic carbocycles. The van der Waals surface area contributed by atoms with Gasteiger partial charge in [0, 0.05) is 42.4 Å². The average molecular weight is 381 g/mol. The second-order valence-corrected chi connectivity index (χ2v) is 9.13. The van der Waals surface area contributed by atoms with Crippen LogP contribution in [0.2, 0.25) is 5.02 Å². The van der Waals surface area contributed by atoms with Crippen LogP contribution in [0.1, 0.15) is 43.5 Å². The van der Waals surface area contributed by atoms with E-state index in [1.165, 1.54) is 0 Å². The number of halogens is 1. The summed E-state index contributed by atoms with van der Waals surface area (Å²) in [5.74, 6) is 1.65. The van der Waals surface area contributed by atoms with Gasteiger partial charge in [-0.25, -0.2) is 0 Å². The predicted octanol–water partition coefficient (Wildman–Crippen LogP) is 3.89. The third-order valence-electron chi connectivity index (χ3n) is 4.96. The van der Waals surface area contributed by atoms with Crippen LogP contribution in [0.4, 0.5) is 0 Å². The van der Waals surface area contributed by atoms with Crippen molar-refractivity contribution < 1.29 is 9.59 Å². The number of thioether (sulfide) groups is 1. The van der Waals surface area contributed by atoms with Gasteiger partial charge in [-0.1, -0.05) is 31.5 Å². The first-order valence-corrected chi connectivity index (χ1v) is 10.3. The van der Waals surface area contributed by atoms with Crippen molar-refractivity contribution >= 4 is 35.2 Å². The van der Waals surface area contributed by atoms with E-state index >= 15 is 0 Å². The minimum atomic E-state index is -0.114. The van der Waals surface area contributed by atoms with Gasteiger partial charge in [-0.15, -0.1) is 11.8 Å². The van der Waals surface area contributed by atoms with Crippen molar-refractivity contribution in [2.75, 3.05) is 25.4 Å². The zero-order chi connectivity index (χ0) is 18.0. The van der Waals surface area contributed by atoms with Crippen LogP contribution in [-0.4, -0.2) is 51.9 Å². The highest BCUT2D eigenvalue weighted by molar-refractivity contribution is 8.00. The Bertz CT molecular complexity index is 657. The van der Waals surface area contributed by atoms with Crippen LogP contribution in [0.25, 0.3) is 0 Å². The lowest BCUT2D eigenvalue weighted by molar-refractivity contribution is -0.135. The van der Waals surface area contributed by atoms with E-state index in [1.807, 2.05) is 16.7 Å².